The molecule has 0 aromatic heterocycles. The Morgan fingerprint density at radius 1 is 0.343 bits per heavy atom. The number of carbonyl (C=O) groups excluding carboxylic acids is 2. The van der Waals surface area contributed by atoms with Crippen LogP contribution in [0.4, 0.5) is 26.3 Å². The number of hydrogen-bond acceptors (Lipinski definition) is 6. The van der Waals surface area contributed by atoms with Crippen LogP contribution in [0.15, 0.2) is 194 Å². The van der Waals surface area contributed by atoms with Crippen molar-refractivity contribution >= 4 is 11.6 Å². The molecule has 0 heterocycles. The lowest BCUT2D eigenvalue weighted by atomic mass is 9.73. The number of benzene rings is 8. The zero-order valence-electron chi connectivity index (χ0n) is 35.7. The maximum atomic E-state index is 14.5. The van der Waals surface area contributed by atoms with Gasteiger partial charge in [0.1, 0.15) is 40.2 Å². The lowest BCUT2D eigenvalue weighted by Gasteiger charge is -2.38. The van der Waals surface area contributed by atoms with Crippen LogP contribution in [-0.2, 0) is 5.41 Å². The van der Waals surface area contributed by atoms with E-state index in [-0.39, 0.29) is 28.8 Å². The second-order valence-electron chi connectivity index (χ2n) is 15.5. The van der Waals surface area contributed by atoms with E-state index >= 15 is 0 Å². The summed E-state index contributed by atoms with van der Waals surface area (Å²) in [6, 6.07) is 49.2. The minimum absolute atomic E-state index is 0.0187. The highest BCUT2D eigenvalue weighted by molar-refractivity contribution is 6.09. The van der Waals surface area contributed by atoms with Gasteiger partial charge in [0.2, 0.25) is 5.41 Å². The van der Waals surface area contributed by atoms with Gasteiger partial charge in [-0.05, 0) is 151 Å². The Labute approximate surface area is 381 Å². The molecular weight excluding hydrogens is 871 g/mol. The zero-order valence-corrected chi connectivity index (χ0v) is 35.7. The predicted molar refractivity (Wildman–Crippen MR) is 242 cm³/mol. The summed E-state index contributed by atoms with van der Waals surface area (Å²) in [5.74, 6) is 2.24. The molecule has 0 unspecified atom stereocenters. The topological polar surface area (TPSA) is 71.1 Å². The highest BCUT2D eigenvalue weighted by atomic mass is 19.4. The first kappa shape index (κ1) is 45.4. The summed E-state index contributed by atoms with van der Waals surface area (Å²) >= 11 is 0. The van der Waals surface area contributed by atoms with E-state index in [0.29, 0.717) is 45.3 Å². The average molecular weight is 909 g/mol. The minimum Gasteiger partial charge on any atom is -0.497 e. The normalized spacial score (nSPS) is 11.7. The number of carbonyl (C=O) groups is 2. The summed E-state index contributed by atoms with van der Waals surface area (Å²) in [5.41, 5.74) is -1.49. The molecule has 0 saturated heterocycles. The van der Waals surface area contributed by atoms with Gasteiger partial charge in [-0.25, -0.2) is 0 Å². The molecule has 0 atom stereocenters. The smallest absolute Gasteiger partial charge is 0.411 e. The van der Waals surface area contributed by atoms with Crippen molar-refractivity contribution in [1.29, 1.82) is 0 Å². The van der Waals surface area contributed by atoms with Gasteiger partial charge in [-0.3, -0.25) is 9.59 Å². The molecule has 0 aliphatic carbocycles. The highest BCUT2D eigenvalue weighted by Crippen LogP contribution is 2.56. The summed E-state index contributed by atoms with van der Waals surface area (Å²) in [5, 5.41) is 0. The zero-order chi connectivity index (χ0) is 47.3. The molecule has 0 spiro atoms. The van der Waals surface area contributed by atoms with E-state index in [1.54, 1.807) is 48.5 Å². The molecule has 0 N–H and O–H groups in total. The van der Waals surface area contributed by atoms with Gasteiger partial charge in [0.05, 0.1) is 7.11 Å². The lowest BCUT2D eigenvalue weighted by molar-refractivity contribution is -0.288. The third kappa shape index (κ3) is 9.79. The van der Waals surface area contributed by atoms with E-state index in [1.807, 2.05) is 79.7 Å². The largest absolute Gasteiger partial charge is 0.497 e. The van der Waals surface area contributed by atoms with Gasteiger partial charge in [-0.15, -0.1) is 0 Å². The number of ether oxygens (including phenoxy) is 4. The molecule has 0 fully saturated rings. The minimum atomic E-state index is -5.75. The van der Waals surface area contributed by atoms with Crippen LogP contribution >= 0.6 is 0 Å². The first-order valence-electron chi connectivity index (χ1n) is 20.7. The molecule has 0 bridgehead atoms. The lowest BCUT2D eigenvalue weighted by Crippen LogP contribution is -2.54. The maximum Gasteiger partial charge on any atom is 0.411 e. The van der Waals surface area contributed by atoms with Crippen molar-refractivity contribution in [1.82, 2.24) is 0 Å². The number of rotatable bonds is 14. The number of methoxy groups -OCH3 is 1. The van der Waals surface area contributed by atoms with Crippen molar-refractivity contribution in [3.8, 4) is 51.4 Å². The third-order valence-corrected chi connectivity index (χ3v) is 11.1. The Hall–Kier alpha value is -8.12. The first-order valence-corrected chi connectivity index (χ1v) is 20.7. The molecule has 0 saturated carbocycles. The second-order valence-corrected chi connectivity index (χ2v) is 15.5. The molecule has 0 aliphatic rings. The molecule has 336 valence electrons. The van der Waals surface area contributed by atoms with Gasteiger partial charge in [0, 0.05) is 22.3 Å². The molecule has 8 aromatic rings. The monoisotopic (exact) mass is 908 g/mol. The fraction of sp³-hybridized carbons (Fsp3) is 0.0909. The van der Waals surface area contributed by atoms with E-state index in [9.17, 15) is 35.9 Å². The van der Waals surface area contributed by atoms with Crippen molar-refractivity contribution in [2.45, 2.75) is 24.7 Å². The van der Waals surface area contributed by atoms with E-state index in [4.69, 9.17) is 18.9 Å². The number of hydrogen-bond donors (Lipinski definition) is 0. The number of halogens is 6. The maximum absolute atomic E-state index is 14.5. The van der Waals surface area contributed by atoms with Crippen LogP contribution in [0.5, 0.6) is 40.2 Å². The summed E-state index contributed by atoms with van der Waals surface area (Å²) in [6.07, 6.45) is -11.5. The fourth-order valence-corrected chi connectivity index (χ4v) is 7.50. The highest BCUT2D eigenvalue weighted by Gasteiger charge is 2.72. The Morgan fingerprint density at radius 3 is 0.851 bits per heavy atom. The second kappa shape index (κ2) is 18.8. The standard InChI is InChI=1S/C55H38F6O6/c1-35-3-5-38(6-4-35)51(62)39-11-25-47(26-12-39)65-45-21-7-36(8-22-45)37-9-23-46(24-10-37)66-48-27-13-40(14-28-48)52(63)41-15-29-49(30-16-41)67-50-33-19-43(20-34-50)53(54(56,57)58,55(59,60)61)42-17-31-44(64-2)32-18-42/h3-34H,1-2H3. The van der Waals surface area contributed by atoms with Crippen molar-refractivity contribution in [3.05, 3.63) is 233 Å². The summed E-state index contributed by atoms with van der Waals surface area (Å²) in [7, 11) is 1.25. The molecule has 12 heteroatoms. The van der Waals surface area contributed by atoms with Gasteiger partial charge in [0.15, 0.2) is 11.6 Å². The number of aryl methyl sites for hydroxylation is 1. The van der Waals surface area contributed by atoms with Crippen LogP contribution in [-0.4, -0.2) is 31.0 Å². The number of ketones is 2. The van der Waals surface area contributed by atoms with Gasteiger partial charge in [-0.1, -0.05) is 78.4 Å². The van der Waals surface area contributed by atoms with Crippen molar-refractivity contribution in [2.75, 3.05) is 7.11 Å². The van der Waals surface area contributed by atoms with Crippen LogP contribution in [0, 0.1) is 6.92 Å². The van der Waals surface area contributed by atoms with Crippen LogP contribution in [0.3, 0.4) is 0 Å². The third-order valence-electron chi connectivity index (χ3n) is 11.1. The van der Waals surface area contributed by atoms with Crippen molar-refractivity contribution < 1.29 is 54.9 Å². The predicted octanol–water partition coefficient (Wildman–Crippen LogP) is 14.9. The summed E-state index contributed by atoms with van der Waals surface area (Å²) in [4.78, 5) is 26.1. The van der Waals surface area contributed by atoms with Crippen molar-refractivity contribution in [2.24, 2.45) is 0 Å². The molecule has 0 radical (unpaired) electrons. The Bertz CT molecular complexity index is 2950. The molecule has 67 heavy (non-hydrogen) atoms. The van der Waals surface area contributed by atoms with Gasteiger partial charge < -0.3 is 18.9 Å². The molecule has 0 amide bonds. The van der Waals surface area contributed by atoms with Gasteiger partial charge >= 0.3 is 12.4 Å². The summed E-state index contributed by atoms with van der Waals surface area (Å²) in [6.45, 7) is 1.97. The van der Waals surface area contributed by atoms with Crippen molar-refractivity contribution in [3.63, 3.8) is 0 Å². The molecule has 8 aromatic carbocycles. The first-order chi connectivity index (χ1) is 32.1. The quantitative estimate of drug-likeness (QED) is 0.0800. The fourth-order valence-electron chi connectivity index (χ4n) is 7.50. The number of alkyl halides is 6. The molecule has 0 aliphatic heterocycles. The Kier molecular flexibility index (Phi) is 12.7. The Balaban J connectivity index is 0.853. The summed E-state index contributed by atoms with van der Waals surface area (Å²) < 4.78 is 110. The molecular formula is C55H38F6O6. The van der Waals surface area contributed by atoms with E-state index in [2.05, 4.69) is 0 Å². The SMILES string of the molecule is COc1ccc(C(c2ccc(Oc3ccc(C(=O)c4ccc(Oc5ccc(-c6ccc(Oc7ccc(C(=O)c8ccc(C)cc8)cc7)cc6)cc5)cc4)cc3)cc2)(C(F)(F)F)C(F)(F)F)cc1. The average Bonchev–Trinajstić information content (AvgIpc) is 3.33. The van der Waals surface area contributed by atoms with Crippen LogP contribution in [0.2, 0.25) is 0 Å². The molecule has 8 rings (SSSR count). The van der Waals surface area contributed by atoms with Gasteiger partial charge in [-0.2, -0.15) is 26.3 Å². The molecule has 6 nitrogen and oxygen atoms in total. The van der Waals surface area contributed by atoms with Crippen LogP contribution in [0.1, 0.15) is 48.5 Å². The van der Waals surface area contributed by atoms with E-state index in [0.717, 1.165) is 65.2 Å². The van der Waals surface area contributed by atoms with E-state index < -0.39 is 28.9 Å². The van der Waals surface area contributed by atoms with Crippen LogP contribution in [0.25, 0.3) is 11.1 Å². The van der Waals surface area contributed by atoms with Gasteiger partial charge in [0.25, 0.3) is 0 Å². The van der Waals surface area contributed by atoms with Crippen LogP contribution < -0.4 is 18.9 Å². The van der Waals surface area contributed by atoms with E-state index in [1.165, 1.54) is 31.4 Å². The Morgan fingerprint density at radius 2 is 0.582 bits per heavy atom.